The third kappa shape index (κ3) is 3.65. The van der Waals surface area contributed by atoms with Gasteiger partial charge in [-0.3, -0.25) is 9.89 Å². The molecule has 0 atom stereocenters. The fourth-order valence-corrected chi connectivity index (χ4v) is 2.60. The Morgan fingerprint density at radius 2 is 2.00 bits per heavy atom. The van der Waals surface area contributed by atoms with Gasteiger partial charge in [-0.15, -0.1) is 0 Å². The summed E-state index contributed by atoms with van der Waals surface area (Å²) in [4.78, 5) is 12.4. The van der Waals surface area contributed by atoms with Crippen LogP contribution in [-0.2, 0) is 6.54 Å². The molecule has 0 aliphatic carbocycles. The molecule has 1 heterocycles. The number of aromatic amines is 1. The first-order valence-electron chi connectivity index (χ1n) is 6.95. The topological polar surface area (TPSA) is 57.8 Å². The standard InChI is InChI=1S/C17H13BrFN3O/c18-13-3-1-2-12(8-13)16-15(10-21-22-16)17(23)20-9-11-4-6-14(19)7-5-11/h1-8,10H,9H2,(H,20,23)(H,21,22). The van der Waals surface area contributed by atoms with Gasteiger partial charge in [0.15, 0.2) is 0 Å². The van der Waals surface area contributed by atoms with E-state index in [0.717, 1.165) is 15.6 Å². The van der Waals surface area contributed by atoms with Crippen molar-refractivity contribution in [2.24, 2.45) is 0 Å². The summed E-state index contributed by atoms with van der Waals surface area (Å²) in [7, 11) is 0. The first kappa shape index (κ1) is 15.4. The molecular formula is C17H13BrFN3O. The number of hydrogen-bond acceptors (Lipinski definition) is 2. The minimum absolute atomic E-state index is 0.238. The molecule has 0 spiro atoms. The molecule has 0 bridgehead atoms. The molecule has 0 radical (unpaired) electrons. The molecule has 0 aliphatic rings. The zero-order valence-electron chi connectivity index (χ0n) is 12.0. The molecule has 4 nitrogen and oxygen atoms in total. The second kappa shape index (κ2) is 6.75. The van der Waals surface area contributed by atoms with Gasteiger partial charge >= 0.3 is 0 Å². The van der Waals surface area contributed by atoms with E-state index in [2.05, 4.69) is 31.4 Å². The molecule has 0 saturated heterocycles. The van der Waals surface area contributed by atoms with Gasteiger partial charge in [0.25, 0.3) is 5.91 Å². The maximum absolute atomic E-state index is 12.9. The van der Waals surface area contributed by atoms with Crippen molar-refractivity contribution in [3.63, 3.8) is 0 Å². The van der Waals surface area contributed by atoms with E-state index in [9.17, 15) is 9.18 Å². The molecule has 0 aliphatic heterocycles. The van der Waals surface area contributed by atoms with Crippen molar-refractivity contribution < 1.29 is 9.18 Å². The van der Waals surface area contributed by atoms with Crippen molar-refractivity contribution in [1.29, 1.82) is 0 Å². The summed E-state index contributed by atoms with van der Waals surface area (Å²) < 4.78 is 13.8. The molecule has 2 N–H and O–H groups in total. The smallest absolute Gasteiger partial charge is 0.255 e. The summed E-state index contributed by atoms with van der Waals surface area (Å²) >= 11 is 3.41. The summed E-state index contributed by atoms with van der Waals surface area (Å²) in [5, 5.41) is 9.63. The summed E-state index contributed by atoms with van der Waals surface area (Å²) in [6, 6.07) is 13.6. The zero-order chi connectivity index (χ0) is 16.2. The highest BCUT2D eigenvalue weighted by Gasteiger charge is 2.15. The Morgan fingerprint density at radius 3 is 2.74 bits per heavy atom. The van der Waals surface area contributed by atoms with E-state index in [1.807, 2.05) is 24.3 Å². The number of aromatic nitrogens is 2. The van der Waals surface area contributed by atoms with Crippen LogP contribution in [0.25, 0.3) is 11.3 Å². The van der Waals surface area contributed by atoms with Gasteiger partial charge < -0.3 is 5.32 Å². The minimum atomic E-state index is -0.299. The number of hydrogen-bond donors (Lipinski definition) is 2. The normalized spacial score (nSPS) is 10.5. The molecule has 3 aromatic rings. The van der Waals surface area contributed by atoms with Crippen LogP contribution in [0.3, 0.4) is 0 Å². The van der Waals surface area contributed by atoms with Crippen molar-refractivity contribution in [3.8, 4) is 11.3 Å². The highest BCUT2D eigenvalue weighted by atomic mass is 79.9. The number of nitrogens with zero attached hydrogens (tertiary/aromatic N) is 1. The van der Waals surface area contributed by atoms with E-state index in [0.29, 0.717) is 17.8 Å². The Balaban J connectivity index is 1.76. The van der Waals surface area contributed by atoms with Gasteiger partial charge in [0, 0.05) is 16.6 Å². The maximum Gasteiger partial charge on any atom is 0.255 e. The van der Waals surface area contributed by atoms with E-state index in [4.69, 9.17) is 0 Å². The molecule has 1 amide bonds. The van der Waals surface area contributed by atoms with Crippen molar-refractivity contribution >= 4 is 21.8 Å². The Bertz CT molecular complexity index is 830. The number of carbonyl (C=O) groups excluding carboxylic acids is 1. The second-order valence-electron chi connectivity index (χ2n) is 4.98. The number of carbonyl (C=O) groups is 1. The predicted octanol–water partition coefficient (Wildman–Crippen LogP) is 3.91. The maximum atomic E-state index is 12.9. The fourth-order valence-electron chi connectivity index (χ4n) is 2.20. The molecule has 6 heteroatoms. The summed E-state index contributed by atoms with van der Waals surface area (Å²) in [6.45, 7) is 0.322. The minimum Gasteiger partial charge on any atom is -0.348 e. The number of H-pyrrole nitrogens is 1. The van der Waals surface area contributed by atoms with Crippen molar-refractivity contribution in [1.82, 2.24) is 15.5 Å². The average Bonchev–Trinajstić information content (AvgIpc) is 3.04. The summed E-state index contributed by atoms with van der Waals surface area (Å²) in [5.74, 6) is -0.537. The lowest BCUT2D eigenvalue weighted by Crippen LogP contribution is -2.22. The SMILES string of the molecule is O=C(NCc1ccc(F)cc1)c1cn[nH]c1-c1cccc(Br)c1. The lowest BCUT2D eigenvalue weighted by atomic mass is 10.1. The fraction of sp³-hybridized carbons (Fsp3) is 0.0588. The lowest BCUT2D eigenvalue weighted by Gasteiger charge is -2.06. The molecule has 0 unspecified atom stereocenters. The van der Waals surface area contributed by atoms with Crippen LogP contribution >= 0.6 is 15.9 Å². The number of halogens is 2. The van der Waals surface area contributed by atoms with Crippen LogP contribution in [0.15, 0.2) is 59.2 Å². The molecule has 2 aromatic carbocycles. The van der Waals surface area contributed by atoms with Crippen LogP contribution in [0.2, 0.25) is 0 Å². The molecule has 23 heavy (non-hydrogen) atoms. The zero-order valence-corrected chi connectivity index (χ0v) is 13.6. The van der Waals surface area contributed by atoms with Gasteiger partial charge in [0.2, 0.25) is 0 Å². The van der Waals surface area contributed by atoms with Crippen molar-refractivity contribution in [2.45, 2.75) is 6.54 Å². The molecule has 116 valence electrons. The molecular weight excluding hydrogens is 361 g/mol. The highest BCUT2D eigenvalue weighted by molar-refractivity contribution is 9.10. The third-order valence-corrected chi connectivity index (χ3v) is 3.86. The lowest BCUT2D eigenvalue weighted by molar-refractivity contribution is 0.0951. The monoisotopic (exact) mass is 373 g/mol. The van der Waals surface area contributed by atoms with Gasteiger partial charge in [-0.2, -0.15) is 5.10 Å². The summed E-state index contributed by atoms with van der Waals surface area (Å²) in [6.07, 6.45) is 1.50. The van der Waals surface area contributed by atoms with Gasteiger partial charge in [-0.25, -0.2) is 4.39 Å². The second-order valence-corrected chi connectivity index (χ2v) is 5.89. The molecule has 0 fully saturated rings. The Labute approximate surface area is 140 Å². The van der Waals surface area contributed by atoms with E-state index in [1.54, 1.807) is 12.1 Å². The number of nitrogens with one attached hydrogen (secondary N) is 2. The highest BCUT2D eigenvalue weighted by Crippen LogP contribution is 2.24. The Hall–Kier alpha value is -2.47. The van der Waals surface area contributed by atoms with Gasteiger partial charge in [-0.05, 0) is 29.8 Å². The quantitative estimate of drug-likeness (QED) is 0.728. The predicted molar refractivity (Wildman–Crippen MR) is 89.3 cm³/mol. The Kier molecular flexibility index (Phi) is 4.52. The van der Waals surface area contributed by atoms with Gasteiger partial charge in [0.1, 0.15) is 5.82 Å². The van der Waals surface area contributed by atoms with Crippen LogP contribution in [0.4, 0.5) is 4.39 Å². The van der Waals surface area contributed by atoms with Gasteiger partial charge in [-0.1, -0.05) is 40.2 Å². The average molecular weight is 374 g/mol. The van der Waals surface area contributed by atoms with Crippen molar-refractivity contribution in [2.75, 3.05) is 0 Å². The summed E-state index contributed by atoms with van der Waals surface area (Å²) in [5.41, 5.74) is 2.81. The first-order chi connectivity index (χ1) is 11.1. The number of benzene rings is 2. The molecule has 1 aromatic heterocycles. The van der Waals surface area contributed by atoms with Crippen LogP contribution in [0, 0.1) is 5.82 Å². The van der Waals surface area contributed by atoms with E-state index < -0.39 is 0 Å². The largest absolute Gasteiger partial charge is 0.348 e. The van der Waals surface area contributed by atoms with Crippen LogP contribution in [0.1, 0.15) is 15.9 Å². The van der Waals surface area contributed by atoms with Gasteiger partial charge in [0.05, 0.1) is 17.5 Å². The van der Waals surface area contributed by atoms with Crippen molar-refractivity contribution in [3.05, 3.63) is 76.1 Å². The number of rotatable bonds is 4. The third-order valence-electron chi connectivity index (χ3n) is 3.36. The first-order valence-corrected chi connectivity index (χ1v) is 7.75. The molecule has 0 saturated carbocycles. The van der Waals surface area contributed by atoms with Crippen LogP contribution in [0.5, 0.6) is 0 Å². The Morgan fingerprint density at radius 1 is 1.22 bits per heavy atom. The van der Waals surface area contributed by atoms with Crippen LogP contribution in [-0.4, -0.2) is 16.1 Å². The van der Waals surface area contributed by atoms with E-state index >= 15 is 0 Å². The molecule has 3 rings (SSSR count). The number of amides is 1. The van der Waals surface area contributed by atoms with E-state index in [-0.39, 0.29) is 11.7 Å². The van der Waals surface area contributed by atoms with Crippen LogP contribution < -0.4 is 5.32 Å². The van der Waals surface area contributed by atoms with E-state index in [1.165, 1.54) is 18.3 Å².